The van der Waals surface area contributed by atoms with Crippen LogP contribution in [-0.4, -0.2) is 69.6 Å². The summed E-state index contributed by atoms with van der Waals surface area (Å²) in [5.41, 5.74) is 0.662. The number of nitrogens with zero attached hydrogens (tertiary/aromatic N) is 4. The first-order valence-corrected chi connectivity index (χ1v) is 7.82. The van der Waals surface area contributed by atoms with E-state index in [-0.39, 0.29) is 24.0 Å². The fourth-order valence-electron chi connectivity index (χ4n) is 3.02. The number of fused-ring (bicyclic) bond motifs is 1. The molecule has 3 heterocycles. The van der Waals surface area contributed by atoms with Gasteiger partial charge in [-0.1, -0.05) is 4.49 Å². The summed E-state index contributed by atoms with van der Waals surface area (Å²) in [5.74, 6) is -0.00624. The fraction of sp³-hybridized carbons (Fsp3) is 0.692. The minimum Gasteiger partial charge on any atom is -0.374 e. The lowest BCUT2D eigenvalue weighted by Crippen LogP contribution is -2.61. The third-order valence-electron chi connectivity index (χ3n) is 4.12. The maximum atomic E-state index is 12.5. The number of aryl methyl sites for hydroxylation is 1. The molecule has 2 saturated heterocycles. The lowest BCUT2D eigenvalue weighted by atomic mass is 9.98. The van der Waals surface area contributed by atoms with Crippen LogP contribution < -0.4 is 0 Å². The second-order valence-corrected chi connectivity index (χ2v) is 6.17. The number of likely N-dealkylation sites (tertiary alicyclic amines) is 1. The van der Waals surface area contributed by atoms with Gasteiger partial charge in [-0.15, -0.1) is 5.10 Å². The molecule has 1 aromatic rings. The van der Waals surface area contributed by atoms with Crippen molar-refractivity contribution < 1.29 is 14.3 Å². The van der Waals surface area contributed by atoms with Crippen molar-refractivity contribution in [2.45, 2.75) is 32.4 Å². The van der Waals surface area contributed by atoms with Crippen molar-refractivity contribution in [1.29, 1.82) is 0 Å². The maximum absolute atomic E-state index is 12.5. The van der Waals surface area contributed by atoms with Crippen molar-refractivity contribution in [2.75, 3.05) is 26.2 Å². The van der Waals surface area contributed by atoms with Gasteiger partial charge in [-0.3, -0.25) is 9.59 Å². The van der Waals surface area contributed by atoms with Crippen molar-refractivity contribution in [3.05, 3.63) is 10.6 Å². The summed E-state index contributed by atoms with van der Waals surface area (Å²) in [6.45, 7) is 5.69. The molecule has 1 aromatic heterocycles. The topological polar surface area (TPSA) is 75.6 Å². The third kappa shape index (κ3) is 2.65. The molecule has 0 aliphatic carbocycles. The van der Waals surface area contributed by atoms with E-state index >= 15 is 0 Å². The molecule has 2 aliphatic rings. The predicted molar refractivity (Wildman–Crippen MR) is 76.1 cm³/mol. The smallest absolute Gasteiger partial charge is 0.267 e. The van der Waals surface area contributed by atoms with Crippen LogP contribution in [0.2, 0.25) is 0 Å². The molecule has 0 N–H and O–H groups in total. The van der Waals surface area contributed by atoms with Crippen molar-refractivity contribution in [1.82, 2.24) is 19.4 Å². The summed E-state index contributed by atoms with van der Waals surface area (Å²) < 4.78 is 9.57. The number of morpholine rings is 1. The maximum Gasteiger partial charge on any atom is 0.267 e. The molecular formula is C13H18N4O3S. The number of piperidine rings is 1. The van der Waals surface area contributed by atoms with Gasteiger partial charge in [0.25, 0.3) is 5.91 Å². The van der Waals surface area contributed by atoms with E-state index in [1.165, 1.54) is 0 Å². The summed E-state index contributed by atoms with van der Waals surface area (Å²) in [6.07, 6.45) is 0.790. The van der Waals surface area contributed by atoms with Crippen molar-refractivity contribution in [2.24, 2.45) is 0 Å². The number of amides is 2. The van der Waals surface area contributed by atoms with E-state index in [0.29, 0.717) is 36.8 Å². The Kier molecular flexibility index (Phi) is 3.90. The van der Waals surface area contributed by atoms with Gasteiger partial charge in [-0.05, 0) is 24.9 Å². The Morgan fingerprint density at radius 1 is 1.38 bits per heavy atom. The molecule has 21 heavy (non-hydrogen) atoms. The van der Waals surface area contributed by atoms with Crippen molar-refractivity contribution >= 4 is 23.3 Å². The first-order chi connectivity index (χ1) is 10.1. The summed E-state index contributed by atoms with van der Waals surface area (Å²) in [6, 6.07) is -0.0462. The first kappa shape index (κ1) is 14.4. The molecule has 0 saturated carbocycles. The number of ether oxygens (including phenoxy) is 1. The van der Waals surface area contributed by atoms with Crippen LogP contribution in [0.15, 0.2) is 0 Å². The molecule has 0 unspecified atom stereocenters. The molecule has 2 amide bonds. The van der Waals surface area contributed by atoms with Gasteiger partial charge in [0.15, 0.2) is 0 Å². The Hall–Kier alpha value is -1.54. The lowest BCUT2D eigenvalue weighted by Gasteiger charge is -2.46. The first-order valence-electron chi connectivity index (χ1n) is 7.05. The number of carbonyl (C=O) groups is 2. The molecule has 2 atom stereocenters. The summed E-state index contributed by atoms with van der Waals surface area (Å²) in [4.78, 5) is 28.5. The van der Waals surface area contributed by atoms with Gasteiger partial charge in [0.1, 0.15) is 4.88 Å². The van der Waals surface area contributed by atoms with Gasteiger partial charge in [0.05, 0.1) is 24.4 Å². The Labute approximate surface area is 127 Å². The van der Waals surface area contributed by atoms with E-state index in [1.807, 2.05) is 4.90 Å². The zero-order valence-electron chi connectivity index (χ0n) is 12.1. The molecule has 0 radical (unpaired) electrons. The van der Waals surface area contributed by atoms with Crippen LogP contribution in [0.5, 0.6) is 0 Å². The molecule has 7 nitrogen and oxygen atoms in total. The van der Waals surface area contributed by atoms with Crippen LogP contribution >= 0.6 is 11.5 Å². The van der Waals surface area contributed by atoms with Crippen LogP contribution in [0.4, 0.5) is 0 Å². The minimum absolute atomic E-state index is 0.0346. The van der Waals surface area contributed by atoms with Crippen LogP contribution in [-0.2, 0) is 9.53 Å². The van der Waals surface area contributed by atoms with Crippen molar-refractivity contribution in [3.63, 3.8) is 0 Å². The average molecular weight is 310 g/mol. The Morgan fingerprint density at radius 2 is 2.19 bits per heavy atom. The highest BCUT2D eigenvalue weighted by molar-refractivity contribution is 7.07. The van der Waals surface area contributed by atoms with Crippen molar-refractivity contribution in [3.8, 4) is 0 Å². The van der Waals surface area contributed by atoms with Crippen LogP contribution in [0.1, 0.15) is 28.7 Å². The number of hydrogen-bond donors (Lipinski definition) is 0. The van der Waals surface area contributed by atoms with Gasteiger partial charge < -0.3 is 14.5 Å². The zero-order chi connectivity index (χ0) is 15.0. The second kappa shape index (κ2) is 5.69. The number of hydrogen-bond acceptors (Lipinski definition) is 6. The van der Waals surface area contributed by atoms with E-state index in [4.69, 9.17) is 4.74 Å². The second-order valence-electron chi connectivity index (χ2n) is 5.42. The van der Waals surface area contributed by atoms with Gasteiger partial charge in [-0.2, -0.15) is 0 Å². The molecule has 0 bridgehead atoms. The largest absolute Gasteiger partial charge is 0.374 e. The standard InChI is InChI=1S/C13H18N4O3S/c1-8-12(21-15-14-8)13(19)16-4-3-11-10(7-16)17(9(2)18)5-6-20-11/h10-11H,3-7H2,1-2H3/t10-,11+/m1/s1. The van der Waals surface area contributed by atoms with Gasteiger partial charge in [0.2, 0.25) is 5.91 Å². The summed E-state index contributed by atoms with van der Waals surface area (Å²) >= 11 is 1.12. The van der Waals surface area contributed by atoms with E-state index in [0.717, 1.165) is 18.0 Å². The fourth-order valence-corrected chi connectivity index (χ4v) is 3.64. The van der Waals surface area contributed by atoms with Gasteiger partial charge in [0, 0.05) is 26.6 Å². The third-order valence-corrected chi connectivity index (χ3v) is 4.94. The highest BCUT2D eigenvalue weighted by atomic mass is 32.1. The lowest BCUT2D eigenvalue weighted by molar-refractivity contribution is -0.149. The molecule has 2 fully saturated rings. The molecule has 3 rings (SSSR count). The zero-order valence-corrected chi connectivity index (χ0v) is 12.9. The molecule has 2 aliphatic heterocycles. The molecular weight excluding hydrogens is 292 g/mol. The van der Waals surface area contributed by atoms with Crippen LogP contribution in [0.25, 0.3) is 0 Å². The number of carbonyl (C=O) groups excluding carboxylic acids is 2. The quantitative estimate of drug-likeness (QED) is 0.746. The van der Waals surface area contributed by atoms with Crippen LogP contribution in [0, 0.1) is 6.92 Å². The number of rotatable bonds is 1. The van der Waals surface area contributed by atoms with E-state index < -0.39 is 0 Å². The van der Waals surface area contributed by atoms with Gasteiger partial charge in [-0.25, -0.2) is 0 Å². The monoisotopic (exact) mass is 310 g/mol. The highest BCUT2D eigenvalue weighted by Gasteiger charge is 2.40. The normalized spacial score (nSPS) is 25.6. The molecule has 0 spiro atoms. The summed E-state index contributed by atoms with van der Waals surface area (Å²) in [7, 11) is 0. The number of aromatic nitrogens is 2. The van der Waals surface area contributed by atoms with Crippen LogP contribution in [0.3, 0.4) is 0 Å². The average Bonchev–Trinajstić information content (AvgIpc) is 2.91. The minimum atomic E-state index is -0.0463. The predicted octanol–water partition coefficient (Wildman–Crippen LogP) is 0.308. The SMILES string of the molecule is CC(=O)N1CCO[C@H]2CCN(C(=O)c3snnc3C)C[C@H]21. The van der Waals surface area contributed by atoms with E-state index in [2.05, 4.69) is 9.59 Å². The Balaban J connectivity index is 1.76. The Bertz CT molecular complexity index is 561. The van der Waals surface area contributed by atoms with E-state index in [9.17, 15) is 9.59 Å². The highest BCUT2D eigenvalue weighted by Crippen LogP contribution is 2.25. The van der Waals surface area contributed by atoms with E-state index in [1.54, 1.807) is 18.7 Å². The van der Waals surface area contributed by atoms with Gasteiger partial charge >= 0.3 is 0 Å². The molecule has 114 valence electrons. The molecule has 8 heteroatoms. The summed E-state index contributed by atoms with van der Waals surface area (Å²) in [5, 5.41) is 3.89. The molecule has 0 aromatic carbocycles. The Morgan fingerprint density at radius 3 is 2.86 bits per heavy atom.